The molecule has 2 nitrogen and oxygen atoms in total. The zero-order valence-corrected chi connectivity index (χ0v) is 12.8. The molecule has 102 valence electrons. The fourth-order valence-electron chi connectivity index (χ4n) is 2.75. The Hall–Kier alpha value is -0.720. The Morgan fingerprint density at radius 1 is 1.47 bits per heavy atom. The summed E-state index contributed by atoms with van der Waals surface area (Å²) in [6.45, 7) is 2.24. The van der Waals surface area contributed by atoms with Crippen molar-refractivity contribution in [1.82, 2.24) is 4.98 Å². The average Bonchev–Trinajstić information content (AvgIpc) is 2.42. The highest BCUT2D eigenvalue weighted by molar-refractivity contribution is 7.99. The summed E-state index contributed by atoms with van der Waals surface area (Å²) >= 11 is 7.59. The van der Waals surface area contributed by atoms with E-state index in [9.17, 15) is 5.26 Å². The van der Waals surface area contributed by atoms with Crippen molar-refractivity contribution in [3.63, 3.8) is 0 Å². The summed E-state index contributed by atoms with van der Waals surface area (Å²) in [5, 5.41) is 11.3. The fourth-order valence-corrected chi connectivity index (χ4v) is 4.16. The third kappa shape index (κ3) is 4.12. The van der Waals surface area contributed by atoms with Gasteiger partial charge in [0, 0.05) is 11.4 Å². The van der Waals surface area contributed by atoms with Crippen molar-refractivity contribution in [3.8, 4) is 6.07 Å². The molecule has 0 N–H and O–H groups in total. The monoisotopic (exact) mass is 294 g/mol. The molecule has 1 aromatic rings. The highest BCUT2D eigenvalue weighted by Crippen LogP contribution is 2.40. The lowest BCUT2D eigenvalue weighted by molar-refractivity contribution is 0.306. The Balaban J connectivity index is 2.02. The van der Waals surface area contributed by atoms with Gasteiger partial charge in [0.1, 0.15) is 0 Å². The normalized spacial score (nSPS) is 26.9. The van der Waals surface area contributed by atoms with E-state index in [4.69, 9.17) is 11.6 Å². The summed E-state index contributed by atoms with van der Waals surface area (Å²) in [5.74, 6) is 0.940. The summed E-state index contributed by atoms with van der Waals surface area (Å²) in [6.07, 6.45) is 7.57. The minimum absolute atomic E-state index is 0.163. The molecule has 1 fully saturated rings. The van der Waals surface area contributed by atoms with E-state index >= 15 is 0 Å². The predicted octanol–water partition coefficient (Wildman–Crippen LogP) is 4.94. The molecule has 0 spiro atoms. The van der Waals surface area contributed by atoms with E-state index in [0.717, 1.165) is 23.8 Å². The fraction of sp³-hybridized carbons (Fsp3) is 0.600. The zero-order chi connectivity index (χ0) is 13.7. The van der Waals surface area contributed by atoms with E-state index in [0.29, 0.717) is 10.3 Å². The molecule has 4 heteroatoms. The number of nitriles is 1. The first kappa shape index (κ1) is 14.7. The van der Waals surface area contributed by atoms with Crippen molar-refractivity contribution >= 4 is 23.4 Å². The second-order valence-corrected chi connectivity index (χ2v) is 6.87. The first-order chi connectivity index (χ1) is 9.22. The maximum absolute atomic E-state index is 9.29. The van der Waals surface area contributed by atoms with Crippen LogP contribution in [-0.2, 0) is 0 Å². The van der Waals surface area contributed by atoms with Crippen molar-refractivity contribution in [1.29, 1.82) is 5.26 Å². The van der Waals surface area contributed by atoms with Gasteiger partial charge in [-0.1, -0.05) is 31.4 Å². The van der Waals surface area contributed by atoms with Crippen molar-refractivity contribution in [2.75, 3.05) is 0 Å². The van der Waals surface area contributed by atoms with Gasteiger partial charge in [-0.05, 0) is 37.3 Å². The Bertz CT molecular complexity index is 440. The Morgan fingerprint density at radius 3 is 2.95 bits per heavy atom. The number of halogens is 1. The van der Waals surface area contributed by atoms with Gasteiger partial charge in [-0.2, -0.15) is 5.26 Å². The number of aromatic nitrogens is 1. The van der Waals surface area contributed by atoms with Crippen LogP contribution in [0.4, 0.5) is 0 Å². The maximum Gasteiger partial charge on any atom is 0.0964 e. The first-order valence-electron chi connectivity index (χ1n) is 6.90. The molecule has 1 aliphatic rings. The van der Waals surface area contributed by atoms with Crippen LogP contribution in [0.15, 0.2) is 23.4 Å². The average molecular weight is 295 g/mol. The van der Waals surface area contributed by atoms with Gasteiger partial charge >= 0.3 is 0 Å². The summed E-state index contributed by atoms with van der Waals surface area (Å²) in [6, 6.07) is 6.29. The van der Waals surface area contributed by atoms with Gasteiger partial charge in [0.2, 0.25) is 0 Å². The van der Waals surface area contributed by atoms with E-state index < -0.39 is 0 Å². The molecule has 0 saturated heterocycles. The third-order valence-corrected chi connectivity index (χ3v) is 5.27. The van der Waals surface area contributed by atoms with E-state index in [1.807, 2.05) is 12.1 Å². The highest BCUT2D eigenvalue weighted by atomic mass is 35.5. The zero-order valence-electron chi connectivity index (χ0n) is 11.2. The van der Waals surface area contributed by atoms with Gasteiger partial charge in [-0.25, -0.2) is 4.98 Å². The molecule has 0 aromatic carbocycles. The number of hydrogen-bond acceptors (Lipinski definition) is 3. The van der Waals surface area contributed by atoms with Crippen LogP contribution in [0, 0.1) is 23.2 Å². The smallest absolute Gasteiger partial charge is 0.0964 e. The summed E-state index contributed by atoms with van der Waals surface area (Å²) in [5.41, 5.74) is 0. The molecule has 1 saturated carbocycles. The van der Waals surface area contributed by atoms with Gasteiger partial charge in [-0.3, -0.25) is 0 Å². The minimum atomic E-state index is 0.163. The molecule has 0 aliphatic heterocycles. The summed E-state index contributed by atoms with van der Waals surface area (Å²) in [7, 11) is 0. The Morgan fingerprint density at radius 2 is 2.32 bits per heavy atom. The van der Waals surface area contributed by atoms with Crippen LogP contribution in [0.1, 0.15) is 39.0 Å². The Labute approximate surface area is 124 Å². The van der Waals surface area contributed by atoms with Gasteiger partial charge in [0.05, 0.1) is 22.0 Å². The van der Waals surface area contributed by atoms with Crippen LogP contribution in [-0.4, -0.2) is 10.2 Å². The molecule has 1 aliphatic carbocycles. The molecular weight excluding hydrogens is 276 g/mol. The maximum atomic E-state index is 9.29. The van der Waals surface area contributed by atoms with Crippen molar-refractivity contribution in [3.05, 3.63) is 23.4 Å². The van der Waals surface area contributed by atoms with Crippen molar-refractivity contribution < 1.29 is 0 Å². The van der Waals surface area contributed by atoms with Crippen molar-refractivity contribution in [2.45, 2.75) is 49.3 Å². The lowest BCUT2D eigenvalue weighted by atomic mass is 9.80. The standard InChI is InChI=1S/C15H19ClN2S/c1-2-3-11-4-5-12(9-17)14(8-11)19-15-7-6-13(16)10-18-15/h6-7,10-12,14H,2-5,8H2,1H3. The molecular formula is C15H19ClN2S. The quantitative estimate of drug-likeness (QED) is 0.789. The number of pyridine rings is 1. The molecule has 0 bridgehead atoms. The van der Waals surface area contributed by atoms with Crippen molar-refractivity contribution in [2.24, 2.45) is 11.8 Å². The molecule has 2 rings (SSSR count). The van der Waals surface area contributed by atoms with Gasteiger partial charge in [0.15, 0.2) is 0 Å². The van der Waals surface area contributed by atoms with Crippen LogP contribution >= 0.6 is 23.4 Å². The topological polar surface area (TPSA) is 36.7 Å². The molecule has 0 radical (unpaired) electrons. The predicted molar refractivity (Wildman–Crippen MR) is 80.2 cm³/mol. The van der Waals surface area contributed by atoms with Crippen LogP contribution in [0.2, 0.25) is 5.02 Å². The number of hydrogen-bond donors (Lipinski definition) is 0. The molecule has 0 amide bonds. The molecule has 1 aromatic heterocycles. The summed E-state index contributed by atoms with van der Waals surface area (Å²) in [4.78, 5) is 4.33. The Kier molecular flexibility index (Phi) is 5.54. The SMILES string of the molecule is CCCC1CCC(C#N)C(Sc2ccc(Cl)cn2)C1. The van der Waals surface area contributed by atoms with Crippen LogP contribution in [0.25, 0.3) is 0 Å². The molecule has 3 unspecified atom stereocenters. The summed E-state index contributed by atoms with van der Waals surface area (Å²) < 4.78 is 0. The molecule has 3 atom stereocenters. The van der Waals surface area contributed by atoms with E-state index in [2.05, 4.69) is 18.0 Å². The first-order valence-corrected chi connectivity index (χ1v) is 8.16. The van der Waals surface area contributed by atoms with E-state index in [1.165, 1.54) is 19.3 Å². The van der Waals surface area contributed by atoms with Crippen LogP contribution < -0.4 is 0 Å². The van der Waals surface area contributed by atoms with E-state index in [1.54, 1.807) is 18.0 Å². The lowest BCUT2D eigenvalue weighted by Crippen LogP contribution is -2.26. The largest absolute Gasteiger partial charge is 0.248 e. The lowest BCUT2D eigenvalue weighted by Gasteiger charge is -2.32. The van der Waals surface area contributed by atoms with E-state index in [-0.39, 0.29) is 5.92 Å². The minimum Gasteiger partial charge on any atom is -0.248 e. The second-order valence-electron chi connectivity index (χ2n) is 5.17. The van der Waals surface area contributed by atoms with Gasteiger partial charge < -0.3 is 0 Å². The van der Waals surface area contributed by atoms with Gasteiger partial charge in [-0.15, -0.1) is 11.8 Å². The van der Waals surface area contributed by atoms with Gasteiger partial charge in [0.25, 0.3) is 0 Å². The molecule has 19 heavy (non-hydrogen) atoms. The second kappa shape index (κ2) is 7.17. The highest BCUT2D eigenvalue weighted by Gasteiger charge is 2.31. The number of rotatable bonds is 4. The molecule has 1 heterocycles. The van der Waals surface area contributed by atoms with Crippen LogP contribution in [0.3, 0.4) is 0 Å². The number of thioether (sulfide) groups is 1. The third-order valence-electron chi connectivity index (χ3n) is 3.74. The van der Waals surface area contributed by atoms with Crippen LogP contribution in [0.5, 0.6) is 0 Å². The number of nitrogens with zero attached hydrogens (tertiary/aromatic N) is 2.